The molecule has 0 aliphatic carbocycles. The summed E-state index contributed by atoms with van der Waals surface area (Å²) in [6, 6.07) is 50.5. The SMILES string of the molecule is CC(C)(C)OC(=O)CC(=O)NCc1ccccn1.CC(C)(C)OC(=O)Cc1nc(/C=C(\NC(=O)OCc2ccccc2)C(=O)OCc2ccccc2)c2ccccn12.CC(C)(C)OC(=O)Cc1nc(C=O)c2ccccn12.CC(C)(C)OC(=O)Cc1nc(CC(N)C(=O)O)c2ccccn12.CC(C)(C)OC(=O)Cc1ncc2ccccn12.NCc1ccccn1. The molecule has 32 heteroatoms. The molecule has 1 atom stereocenters. The summed E-state index contributed by atoms with van der Waals surface area (Å²) in [4.78, 5) is 144. The van der Waals surface area contributed by atoms with Gasteiger partial charge in [0, 0.05) is 50.1 Å². The van der Waals surface area contributed by atoms with E-state index < -0.39 is 64.0 Å². The first-order valence-electron chi connectivity index (χ1n) is 40.0. The quantitative estimate of drug-likeness (QED) is 0.0123. The fourth-order valence-electron chi connectivity index (χ4n) is 11.3. The van der Waals surface area contributed by atoms with Gasteiger partial charge in [-0.2, -0.15) is 0 Å². The first-order chi connectivity index (χ1) is 59.0. The highest BCUT2D eigenvalue weighted by Crippen LogP contribution is 2.23. The maximum atomic E-state index is 13.1. The highest BCUT2D eigenvalue weighted by molar-refractivity contribution is 5.98. The Morgan fingerprint density at radius 1 is 0.448 bits per heavy atom. The van der Waals surface area contributed by atoms with Gasteiger partial charge in [-0.25, -0.2) is 29.5 Å². The molecule has 660 valence electrons. The Balaban J connectivity index is 0.000000218. The number of carboxylic acid groups (broad SMARTS) is 1. The van der Waals surface area contributed by atoms with E-state index in [0.717, 1.165) is 33.5 Å². The number of esters is 6. The third-order valence-electron chi connectivity index (χ3n) is 16.3. The molecular weight excluding hydrogens is 1600 g/mol. The number of rotatable bonds is 24. The lowest BCUT2D eigenvalue weighted by molar-refractivity contribution is -0.157. The maximum absolute atomic E-state index is 13.1. The van der Waals surface area contributed by atoms with Crippen molar-refractivity contribution in [1.82, 2.24) is 58.1 Å². The van der Waals surface area contributed by atoms with Crippen LogP contribution in [0.1, 0.15) is 178 Å². The largest absolute Gasteiger partial charge is 0.480 e. The zero-order valence-electron chi connectivity index (χ0n) is 73.0. The number of hydrogen-bond donors (Lipinski definition) is 5. The molecule has 12 aromatic rings. The number of ether oxygens (including phenoxy) is 7. The number of pyridine rings is 6. The van der Waals surface area contributed by atoms with Crippen LogP contribution in [0.15, 0.2) is 219 Å². The number of nitrogens with two attached hydrogens (primary N) is 2. The lowest BCUT2D eigenvalue weighted by Gasteiger charge is -2.19. The van der Waals surface area contributed by atoms with Crippen LogP contribution in [0.2, 0.25) is 0 Å². The Morgan fingerprint density at radius 3 is 1.30 bits per heavy atom. The van der Waals surface area contributed by atoms with Gasteiger partial charge in [0.05, 0.1) is 57.6 Å². The zero-order valence-corrected chi connectivity index (χ0v) is 73.0. The molecule has 0 radical (unpaired) electrons. The number of aliphatic carboxylic acids is 1. The zero-order chi connectivity index (χ0) is 91.7. The predicted molar refractivity (Wildman–Crippen MR) is 466 cm³/mol. The summed E-state index contributed by atoms with van der Waals surface area (Å²) in [7, 11) is 0. The van der Waals surface area contributed by atoms with Crippen molar-refractivity contribution in [3.8, 4) is 0 Å². The number of hydrogen-bond acceptors (Lipinski definition) is 25. The molecule has 2 amide bonds. The number of benzene rings is 2. The predicted octanol–water partition coefficient (Wildman–Crippen LogP) is 12.6. The van der Waals surface area contributed by atoms with E-state index in [0.29, 0.717) is 70.8 Å². The number of carbonyl (C=O) groups excluding carboxylic acids is 9. The second kappa shape index (κ2) is 46.2. The van der Waals surface area contributed by atoms with Crippen molar-refractivity contribution in [2.24, 2.45) is 11.5 Å². The van der Waals surface area contributed by atoms with Gasteiger partial charge in [0.25, 0.3) is 0 Å². The first kappa shape index (κ1) is 98.0. The number of alkyl carbamates (subject to hydrolysis) is 1. The summed E-state index contributed by atoms with van der Waals surface area (Å²) in [6.07, 6.45) is 13.6. The third-order valence-corrected chi connectivity index (χ3v) is 16.3. The molecule has 10 heterocycles. The molecule has 0 saturated heterocycles. The normalized spacial score (nSPS) is 11.6. The molecule has 7 N–H and O–H groups in total. The molecular formula is C93H110N14O18. The van der Waals surface area contributed by atoms with Gasteiger partial charge in [-0.05, 0) is 194 Å². The average molecular weight is 1710 g/mol. The van der Waals surface area contributed by atoms with Gasteiger partial charge in [-0.1, -0.05) is 97.1 Å². The van der Waals surface area contributed by atoms with Gasteiger partial charge < -0.3 is 72.7 Å². The lowest BCUT2D eigenvalue weighted by Crippen LogP contribution is -2.32. The fourth-order valence-corrected chi connectivity index (χ4v) is 11.3. The average Bonchev–Trinajstić information content (AvgIpc) is 1.66. The Labute approximate surface area is 725 Å². The Morgan fingerprint density at radius 2 is 0.848 bits per heavy atom. The van der Waals surface area contributed by atoms with Gasteiger partial charge in [-0.3, -0.25) is 53.6 Å². The van der Waals surface area contributed by atoms with Gasteiger partial charge in [0.2, 0.25) is 5.91 Å². The molecule has 10 aromatic heterocycles. The molecule has 0 spiro atoms. The molecule has 0 fully saturated rings. The minimum Gasteiger partial charge on any atom is -0.480 e. The number of amides is 2. The second-order valence-corrected chi connectivity index (χ2v) is 32.9. The number of aldehydes is 1. The summed E-state index contributed by atoms with van der Waals surface area (Å²) in [5.41, 5.74) is 15.5. The number of nitrogens with zero attached hydrogens (tertiary/aromatic N) is 10. The van der Waals surface area contributed by atoms with E-state index in [1.807, 2.05) is 186 Å². The molecule has 1 unspecified atom stereocenters. The number of aromatic nitrogens is 10. The van der Waals surface area contributed by atoms with Crippen molar-refractivity contribution >= 4 is 88.2 Å². The van der Waals surface area contributed by atoms with Crippen LogP contribution in [-0.2, 0) is 130 Å². The van der Waals surface area contributed by atoms with Crippen molar-refractivity contribution in [3.05, 3.63) is 282 Å². The van der Waals surface area contributed by atoms with Crippen LogP contribution in [0, 0.1) is 0 Å². The number of imidazole rings is 4. The van der Waals surface area contributed by atoms with Crippen LogP contribution in [0.5, 0.6) is 0 Å². The van der Waals surface area contributed by atoms with Crippen LogP contribution in [-0.4, -0.2) is 147 Å². The monoisotopic (exact) mass is 1710 g/mol. The smallest absolute Gasteiger partial charge is 0.412 e. The topological polar surface area (TPSA) is 427 Å². The number of carbonyl (C=O) groups is 10. The molecule has 32 nitrogen and oxygen atoms in total. The van der Waals surface area contributed by atoms with Crippen LogP contribution >= 0.6 is 0 Å². The lowest BCUT2D eigenvalue weighted by atomic mass is 10.1. The first-order valence-corrected chi connectivity index (χ1v) is 40.0. The van der Waals surface area contributed by atoms with Crippen molar-refractivity contribution in [3.63, 3.8) is 0 Å². The Hall–Kier alpha value is -14.1. The fraction of sp³-hybridized carbons (Fsp3) is 0.333. The van der Waals surface area contributed by atoms with Crippen molar-refractivity contribution < 1.29 is 86.2 Å². The minimum absolute atomic E-state index is 0.00472. The van der Waals surface area contributed by atoms with E-state index >= 15 is 0 Å². The molecule has 12 rings (SSSR count). The maximum Gasteiger partial charge on any atom is 0.412 e. The van der Waals surface area contributed by atoms with Gasteiger partial charge in [-0.15, -0.1) is 0 Å². The van der Waals surface area contributed by atoms with E-state index in [2.05, 4.69) is 40.5 Å². The summed E-state index contributed by atoms with van der Waals surface area (Å²) >= 11 is 0. The number of nitrogens with one attached hydrogen (secondary N) is 2. The van der Waals surface area contributed by atoms with Crippen LogP contribution in [0.4, 0.5) is 4.79 Å². The van der Waals surface area contributed by atoms with Crippen molar-refractivity contribution in [2.45, 2.75) is 203 Å². The number of fused-ring (bicyclic) bond motifs is 4. The Kier molecular flexibility index (Phi) is 36.2. The molecule has 0 aliphatic rings. The van der Waals surface area contributed by atoms with E-state index in [4.69, 9.17) is 49.7 Å². The Bertz CT molecular complexity index is 5620. The van der Waals surface area contributed by atoms with Crippen LogP contribution < -0.4 is 22.1 Å². The minimum atomic E-state index is -1.09. The summed E-state index contributed by atoms with van der Waals surface area (Å²) in [6.45, 7) is 27.9. The van der Waals surface area contributed by atoms with Gasteiger partial charge in [0.1, 0.15) is 114 Å². The van der Waals surface area contributed by atoms with Crippen LogP contribution in [0.3, 0.4) is 0 Å². The molecule has 125 heavy (non-hydrogen) atoms. The second-order valence-electron chi connectivity index (χ2n) is 32.9. The summed E-state index contributed by atoms with van der Waals surface area (Å²) < 4.78 is 44.2. The highest BCUT2D eigenvalue weighted by atomic mass is 16.6. The van der Waals surface area contributed by atoms with E-state index in [-0.39, 0.29) is 81.3 Å². The third kappa shape index (κ3) is 35.1. The summed E-state index contributed by atoms with van der Waals surface area (Å²) in [5, 5.41) is 14.1. The van der Waals surface area contributed by atoms with Crippen molar-refractivity contribution in [2.75, 3.05) is 0 Å². The standard InChI is InChI=1S/C31H31N3O6.C16H21N3O4.C14H16N2O3.C13H18N2O3.C13H16N2O2.C6H8N2/c1-31(2,3)40-28(35)19-27-32-24(26-16-10-11-17-34(26)27)18-25(29(36)38-20-22-12-6-4-7-13-22)33-30(37)39-21-23-14-8-5-9-15-23;1-16(2,3)23-14(20)9-13-18-11(8-10(17)15(21)22)12-6-4-5-7-19(12)13;1-14(2,3)19-13(18)8-12-15-10(9-17)11-6-4-5-7-16(11)12;1-13(2,3)18-12(17)8-11(16)15-9-10-6-4-5-7-14-10;1-13(2,3)17-12(16)8-11-14-9-10-6-4-5-7-15(10)11;7-5-6-3-1-2-4-8-6/h4-18H,19-21H2,1-3H3,(H,33,37);4-7,10H,8-9,17H2,1-3H3,(H,21,22);4-7,9H,8H2,1-3H3;4-7H,8-9H2,1-3H3,(H,15,16);4-7,9H,8H2,1-3H3;1-4H,5,7H2/b25-18-;;;;;. The van der Waals surface area contributed by atoms with E-state index in [1.165, 1.54) is 6.08 Å². The highest BCUT2D eigenvalue weighted by Gasteiger charge is 2.27. The van der Waals surface area contributed by atoms with Crippen LogP contribution in [0.25, 0.3) is 28.1 Å². The molecule has 0 aliphatic heterocycles. The molecule has 2 aromatic carbocycles. The molecule has 0 saturated carbocycles. The van der Waals surface area contributed by atoms with E-state index in [1.54, 1.807) is 149 Å². The molecule has 0 bridgehead atoms. The van der Waals surface area contributed by atoms with Crippen molar-refractivity contribution in [1.29, 1.82) is 0 Å². The number of carboxylic acids is 1. The summed E-state index contributed by atoms with van der Waals surface area (Å²) in [5.74, 6) is -2.07. The van der Waals surface area contributed by atoms with Gasteiger partial charge in [0.15, 0.2) is 6.29 Å². The van der Waals surface area contributed by atoms with Gasteiger partial charge >= 0.3 is 47.9 Å². The van der Waals surface area contributed by atoms with E-state index in [9.17, 15) is 47.9 Å².